The molecule has 1 aromatic carbocycles. The van der Waals surface area contributed by atoms with Gasteiger partial charge in [0.2, 0.25) is 5.89 Å². The highest BCUT2D eigenvalue weighted by molar-refractivity contribution is 5.79. The van der Waals surface area contributed by atoms with Gasteiger partial charge < -0.3 is 20.2 Å². The average Bonchev–Trinajstić information content (AvgIpc) is 3.19. The van der Waals surface area contributed by atoms with E-state index in [0.29, 0.717) is 12.4 Å². The number of aliphatic imine (C=N–C) groups is 1. The van der Waals surface area contributed by atoms with Gasteiger partial charge in [-0.1, -0.05) is 32.0 Å². The Balaban J connectivity index is 2.02. The van der Waals surface area contributed by atoms with E-state index < -0.39 is 0 Å². The first kappa shape index (κ1) is 21.0. The van der Waals surface area contributed by atoms with Crippen LogP contribution in [0.1, 0.15) is 45.7 Å². The van der Waals surface area contributed by atoms with E-state index in [1.807, 2.05) is 37.3 Å². The summed E-state index contributed by atoms with van der Waals surface area (Å²) in [6.45, 7) is 8.60. The number of rotatable bonds is 10. The van der Waals surface area contributed by atoms with Gasteiger partial charge in [-0.05, 0) is 43.7 Å². The van der Waals surface area contributed by atoms with E-state index in [1.54, 1.807) is 6.26 Å². The fourth-order valence-corrected chi connectivity index (χ4v) is 3.05. The smallest absolute Gasteiger partial charge is 0.226 e. The Morgan fingerprint density at radius 2 is 1.89 bits per heavy atom. The minimum absolute atomic E-state index is 0.0826. The molecule has 1 aromatic heterocycles. The van der Waals surface area contributed by atoms with Gasteiger partial charge in [0.1, 0.15) is 12.0 Å². The Morgan fingerprint density at radius 1 is 1.15 bits per heavy atom. The monoisotopic (exact) mass is 372 g/mol. The molecule has 0 saturated carbocycles. The van der Waals surface area contributed by atoms with Crippen molar-refractivity contribution in [3.63, 3.8) is 0 Å². The molecule has 6 nitrogen and oxygen atoms in total. The SMILES string of the molecule is CCNC(=NCc1coc(-c2ccccc2)n1)NCC(CC)(CC)CCO. The van der Waals surface area contributed by atoms with Crippen LogP contribution in [0.4, 0.5) is 0 Å². The van der Waals surface area contributed by atoms with Crippen LogP contribution in [-0.2, 0) is 6.54 Å². The molecule has 2 aromatic rings. The molecule has 6 heteroatoms. The predicted octanol–water partition coefficient (Wildman–Crippen LogP) is 3.59. The minimum atomic E-state index is 0.0826. The number of guanidine groups is 1. The van der Waals surface area contributed by atoms with Crippen molar-refractivity contribution in [2.24, 2.45) is 10.4 Å². The van der Waals surface area contributed by atoms with Crippen LogP contribution in [0, 0.1) is 5.41 Å². The molecular formula is C21H32N4O2. The molecule has 27 heavy (non-hydrogen) atoms. The summed E-state index contributed by atoms with van der Waals surface area (Å²) >= 11 is 0. The second kappa shape index (κ2) is 10.7. The predicted molar refractivity (Wildman–Crippen MR) is 109 cm³/mol. The van der Waals surface area contributed by atoms with Crippen molar-refractivity contribution in [3.8, 4) is 11.5 Å². The molecule has 0 aliphatic heterocycles. The maximum atomic E-state index is 9.39. The van der Waals surface area contributed by atoms with Crippen molar-refractivity contribution in [2.45, 2.75) is 46.6 Å². The first-order valence-corrected chi connectivity index (χ1v) is 9.79. The Morgan fingerprint density at radius 3 is 2.52 bits per heavy atom. The van der Waals surface area contributed by atoms with E-state index in [1.165, 1.54) is 0 Å². The molecule has 0 amide bonds. The van der Waals surface area contributed by atoms with Crippen molar-refractivity contribution in [3.05, 3.63) is 42.3 Å². The van der Waals surface area contributed by atoms with Crippen molar-refractivity contribution in [2.75, 3.05) is 19.7 Å². The molecule has 0 unspecified atom stereocenters. The highest BCUT2D eigenvalue weighted by Gasteiger charge is 2.25. The lowest BCUT2D eigenvalue weighted by atomic mass is 9.79. The molecule has 3 N–H and O–H groups in total. The Bertz CT molecular complexity index is 693. The normalized spacial score (nSPS) is 12.2. The zero-order valence-corrected chi connectivity index (χ0v) is 16.7. The lowest BCUT2D eigenvalue weighted by Crippen LogP contribution is -2.43. The molecule has 2 rings (SSSR count). The summed E-state index contributed by atoms with van der Waals surface area (Å²) in [5, 5.41) is 16.1. The number of aliphatic hydroxyl groups excluding tert-OH is 1. The van der Waals surface area contributed by atoms with Gasteiger partial charge in [0.15, 0.2) is 5.96 Å². The highest BCUT2D eigenvalue weighted by Crippen LogP contribution is 2.29. The molecule has 0 aliphatic carbocycles. The summed E-state index contributed by atoms with van der Waals surface area (Å²) in [6, 6.07) is 9.84. The van der Waals surface area contributed by atoms with E-state index in [2.05, 4.69) is 34.5 Å². The maximum absolute atomic E-state index is 9.39. The maximum Gasteiger partial charge on any atom is 0.226 e. The van der Waals surface area contributed by atoms with Crippen molar-refractivity contribution in [1.29, 1.82) is 0 Å². The molecule has 0 atom stereocenters. The molecule has 0 aliphatic rings. The van der Waals surface area contributed by atoms with Gasteiger partial charge in [-0.15, -0.1) is 0 Å². The van der Waals surface area contributed by atoms with Crippen molar-refractivity contribution in [1.82, 2.24) is 15.6 Å². The minimum Gasteiger partial charge on any atom is -0.444 e. The number of aliphatic hydroxyl groups is 1. The first-order valence-electron chi connectivity index (χ1n) is 9.79. The van der Waals surface area contributed by atoms with Crippen LogP contribution in [0.2, 0.25) is 0 Å². The average molecular weight is 373 g/mol. The first-order chi connectivity index (χ1) is 13.2. The number of oxazole rings is 1. The molecule has 1 heterocycles. The van der Waals surface area contributed by atoms with Gasteiger partial charge >= 0.3 is 0 Å². The van der Waals surface area contributed by atoms with Gasteiger partial charge in [0, 0.05) is 25.3 Å². The molecule has 148 valence electrons. The number of nitrogens with zero attached hydrogens (tertiary/aromatic N) is 2. The van der Waals surface area contributed by atoms with Crippen LogP contribution in [0.15, 0.2) is 46.0 Å². The number of benzene rings is 1. The standard InChI is InChI=1S/C21H32N4O2/c1-4-21(5-2,12-13-26)16-24-20(22-6-3)23-14-18-15-27-19(25-18)17-10-8-7-9-11-17/h7-11,15,26H,4-6,12-14,16H2,1-3H3,(H2,22,23,24). The third-order valence-electron chi connectivity index (χ3n) is 5.09. The molecule has 0 radical (unpaired) electrons. The summed E-state index contributed by atoms with van der Waals surface area (Å²) in [5.74, 6) is 1.36. The van der Waals surface area contributed by atoms with Crippen LogP contribution in [0.5, 0.6) is 0 Å². The van der Waals surface area contributed by atoms with Crippen molar-refractivity contribution >= 4 is 5.96 Å². The van der Waals surface area contributed by atoms with Crippen molar-refractivity contribution < 1.29 is 9.52 Å². The van der Waals surface area contributed by atoms with E-state index in [9.17, 15) is 5.11 Å². The number of nitrogens with one attached hydrogen (secondary N) is 2. The summed E-state index contributed by atoms with van der Waals surface area (Å²) < 4.78 is 5.57. The molecule has 0 saturated heterocycles. The third kappa shape index (κ3) is 6.10. The second-order valence-corrected chi connectivity index (χ2v) is 6.74. The number of aromatic nitrogens is 1. The van der Waals surface area contributed by atoms with Gasteiger partial charge in [-0.2, -0.15) is 0 Å². The van der Waals surface area contributed by atoms with E-state index in [0.717, 1.165) is 49.6 Å². The second-order valence-electron chi connectivity index (χ2n) is 6.74. The molecule has 0 bridgehead atoms. The third-order valence-corrected chi connectivity index (χ3v) is 5.09. The molecular weight excluding hydrogens is 340 g/mol. The van der Waals surface area contributed by atoms with Crippen LogP contribution in [-0.4, -0.2) is 35.7 Å². The summed E-state index contributed by atoms with van der Waals surface area (Å²) in [7, 11) is 0. The van der Waals surface area contributed by atoms with Crippen LogP contribution < -0.4 is 10.6 Å². The van der Waals surface area contributed by atoms with Gasteiger partial charge in [-0.3, -0.25) is 0 Å². The quantitative estimate of drug-likeness (QED) is 0.439. The molecule has 0 fully saturated rings. The van der Waals surface area contributed by atoms with Crippen LogP contribution in [0.3, 0.4) is 0 Å². The Hall–Kier alpha value is -2.34. The Kier molecular flexibility index (Phi) is 8.33. The van der Waals surface area contributed by atoms with Crippen LogP contribution in [0.25, 0.3) is 11.5 Å². The van der Waals surface area contributed by atoms with Gasteiger partial charge in [0.25, 0.3) is 0 Å². The fraction of sp³-hybridized carbons (Fsp3) is 0.524. The van der Waals surface area contributed by atoms with E-state index >= 15 is 0 Å². The lowest BCUT2D eigenvalue weighted by molar-refractivity contribution is 0.169. The topological polar surface area (TPSA) is 82.7 Å². The Labute approximate surface area is 162 Å². The van der Waals surface area contributed by atoms with E-state index in [-0.39, 0.29) is 12.0 Å². The summed E-state index contributed by atoms with van der Waals surface area (Å²) in [6.07, 6.45) is 4.47. The van der Waals surface area contributed by atoms with Gasteiger partial charge in [0.05, 0.1) is 6.54 Å². The highest BCUT2D eigenvalue weighted by atomic mass is 16.3. The number of hydrogen-bond acceptors (Lipinski definition) is 4. The fourth-order valence-electron chi connectivity index (χ4n) is 3.05. The van der Waals surface area contributed by atoms with Crippen LogP contribution >= 0.6 is 0 Å². The van der Waals surface area contributed by atoms with Gasteiger partial charge in [-0.25, -0.2) is 9.98 Å². The zero-order chi connectivity index (χ0) is 19.5. The largest absolute Gasteiger partial charge is 0.444 e. The number of hydrogen-bond donors (Lipinski definition) is 3. The lowest BCUT2D eigenvalue weighted by Gasteiger charge is -2.32. The summed E-state index contributed by atoms with van der Waals surface area (Å²) in [5.41, 5.74) is 1.83. The summed E-state index contributed by atoms with van der Waals surface area (Å²) in [4.78, 5) is 9.15. The zero-order valence-electron chi connectivity index (χ0n) is 16.7. The van der Waals surface area contributed by atoms with E-state index in [4.69, 9.17) is 4.42 Å². The molecule has 0 spiro atoms.